The summed E-state index contributed by atoms with van der Waals surface area (Å²) >= 11 is 0. The van der Waals surface area contributed by atoms with E-state index in [0.717, 1.165) is 6.07 Å². The van der Waals surface area contributed by atoms with Gasteiger partial charge in [0.2, 0.25) is 0 Å². The molecule has 0 spiro atoms. The van der Waals surface area contributed by atoms with Crippen molar-refractivity contribution in [1.29, 1.82) is 0 Å². The van der Waals surface area contributed by atoms with Crippen molar-refractivity contribution in [3.8, 4) is 17.2 Å². The Morgan fingerprint density at radius 3 is 2.43 bits per heavy atom. The van der Waals surface area contributed by atoms with Gasteiger partial charge in [-0.05, 0) is 6.07 Å². The molecule has 0 amide bonds. The van der Waals surface area contributed by atoms with Crippen LogP contribution in [0.5, 0.6) is 17.2 Å². The third kappa shape index (κ3) is 1.89. The van der Waals surface area contributed by atoms with Gasteiger partial charge < -0.3 is 25.2 Å². The van der Waals surface area contributed by atoms with Gasteiger partial charge in [0.1, 0.15) is 11.9 Å². The van der Waals surface area contributed by atoms with Crippen LogP contribution < -0.4 is 4.74 Å². The molecule has 0 bridgehead atoms. The first kappa shape index (κ1) is 10.6. The van der Waals surface area contributed by atoms with Gasteiger partial charge in [0.25, 0.3) is 0 Å². The zero-order valence-electron chi connectivity index (χ0n) is 7.64. The van der Waals surface area contributed by atoms with Gasteiger partial charge in [0, 0.05) is 11.6 Å². The predicted molar refractivity (Wildman–Crippen MR) is 48.4 cm³/mol. The van der Waals surface area contributed by atoms with Crippen LogP contribution in [-0.2, 0) is 0 Å². The van der Waals surface area contributed by atoms with E-state index in [2.05, 4.69) is 0 Å². The molecule has 0 aliphatic carbocycles. The molecular weight excluding hydrogens is 188 g/mol. The maximum atomic E-state index is 9.33. The molecule has 0 saturated heterocycles. The first-order valence-corrected chi connectivity index (χ1v) is 3.99. The Labute approximate surface area is 80.8 Å². The van der Waals surface area contributed by atoms with Crippen LogP contribution in [-0.4, -0.2) is 34.1 Å². The van der Waals surface area contributed by atoms with Gasteiger partial charge >= 0.3 is 0 Å². The minimum absolute atomic E-state index is 0.113. The summed E-state index contributed by atoms with van der Waals surface area (Å²) in [7, 11) is 1.35. The largest absolute Gasteiger partial charge is 0.507 e. The number of benzene rings is 1. The van der Waals surface area contributed by atoms with Crippen LogP contribution in [0, 0.1) is 0 Å². The Bertz CT molecular complexity index is 323. The van der Waals surface area contributed by atoms with Gasteiger partial charge in [-0.2, -0.15) is 0 Å². The quantitative estimate of drug-likeness (QED) is 0.557. The summed E-state index contributed by atoms with van der Waals surface area (Å²) in [6, 6.07) is 2.32. The van der Waals surface area contributed by atoms with Gasteiger partial charge in [-0.3, -0.25) is 0 Å². The summed E-state index contributed by atoms with van der Waals surface area (Å²) in [5.41, 5.74) is 0.113. The third-order valence-corrected chi connectivity index (χ3v) is 1.86. The number of ether oxygens (including phenoxy) is 1. The van der Waals surface area contributed by atoms with Crippen LogP contribution in [0.3, 0.4) is 0 Å². The standard InChI is InChI=1S/C9H12O5/c1-14-9-2-5(8(13)4-10)6(11)3-7(9)12/h2-3,8,10-13H,4H2,1H3. The van der Waals surface area contributed by atoms with E-state index in [1.54, 1.807) is 0 Å². The number of methoxy groups -OCH3 is 1. The Morgan fingerprint density at radius 1 is 1.29 bits per heavy atom. The molecule has 4 N–H and O–H groups in total. The highest BCUT2D eigenvalue weighted by molar-refractivity contribution is 5.50. The third-order valence-electron chi connectivity index (χ3n) is 1.86. The van der Waals surface area contributed by atoms with Gasteiger partial charge in [0.05, 0.1) is 13.7 Å². The lowest BCUT2D eigenvalue weighted by Gasteiger charge is -2.12. The molecule has 0 fully saturated rings. The van der Waals surface area contributed by atoms with Crippen molar-refractivity contribution in [2.24, 2.45) is 0 Å². The number of phenols is 2. The number of aliphatic hydroxyl groups excluding tert-OH is 2. The maximum absolute atomic E-state index is 9.33. The Hall–Kier alpha value is -1.46. The number of hydrogen-bond donors (Lipinski definition) is 4. The second-order valence-corrected chi connectivity index (χ2v) is 2.78. The molecule has 0 aliphatic rings. The lowest BCUT2D eigenvalue weighted by molar-refractivity contribution is 0.0932. The van der Waals surface area contributed by atoms with Crippen LogP contribution >= 0.6 is 0 Å². The van der Waals surface area contributed by atoms with E-state index >= 15 is 0 Å². The van der Waals surface area contributed by atoms with Crippen molar-refractivity contribution >= 4 is 0 Å². The fourth-order valence-electron chi connectivity index (χ4n) is 1.10. The van der Waals surface area contributed by atoms with E-state index in [9.17, 15) is 15.3 Å². The summed E-state index contributed by atoms with van der Waals surface area (Å²) in [6.45, 7) is -0.512. The minimum atomic E-state index is -1.19. The highest BCUT2D eigenvalue weighted by atomic mass is 16.5. The fraction of sp³-hybridized carbons (Fsp3) is 0.333. The molecule has 5 heteroatoms. The number of phenolic OH excluding ortho intramolecular Hbond substituents is 2. The average molecular weight is 200 g/mol. The topological polar surface area (TPSA) is 90.2 Å². The number of rotatable bonds is 3. The van der Waals surface area contributed by atoms with Crippen molar-refractivity contribution < 1.29 is 25.2 Å². The smallest absolute Gasteiger partial charge is 0.161 e. The van der Waals surface area contributed by atoms with Gasteiger partial charge in [-0.15, -0.1) is 0 Å². The molecule has 0 aromatic heterocycles. The molecule has 1 aromatic rings. The van der Waals surface area contributed by atoms with E-state index in [1.165, 1.54) is 13.2 Å². The van der Waals surface area contributed by atoms with Crippen LogP contribution in [0.1, 0.15) is 11.7 Å². The predicted octanol–water partition coefficient (Wildman–Crippen LogP) is 0.132. The molecule has 1 unspecified atom stereocenters. The van der Waals surface area contributed by atoms with Crippen molar-refractivity contribution in [3.63, 3.8) is 0 Å². The van der Waals surface area contributed by atoms with E-state index < -0.39 is 12.7 Å². The zero-order valence-corrected chi connectivity index (χ0v) is 7.64. The van der Waals surface area contributed by atoms with E-state index in [0.29, 0.717) is 0 Å². The first-order chi connectivity index (χ1) is 6.60. The van der Waals surface area contributed by atoms with Crippen molar-refractivity contribution in [2.45, 2.75) is 6.10 Å². The molecule has 1 aromatic carbocycles. The molecule has 1 rings (SSSR count). The van der Waals surface area contributed by atoms with Crippen molar-refractivity contribution in [3.05, 3.63) is 17.7 Å². The molecular formula is C9H12O5. The zero-order chi connectivity index (χ0) is 10.7. The van der Waals surface area contributed by atoms with Crippen LogP contribution in [0.25, 0.3) is 0 Å². The highest BCUT2D eigenvalue weighted by Gasteiger charge is 2.15. The molecule has 0 heterocycles. The first-order valence-electron chi connectivity index (χ1n) is 3.99. The van der Waals surface area contributed by atoms with Gasteiger partial charge in [-0.1, -0.05) is 0 Å². The SMILES string of the molecule is COc1cc(C(O)CO)c(O)cc1O. The lowest BCUT2D eigenvalue weighted by atomic mass is 10.1. The fourth-order valence-corrected chi connectivity index (χ4v) is 1.10. The molecule has 0 aliphatic heterocycles. The van der Waals surface area contributed by atoms with Gasteiger partial charge in [-0.25, -0.2) is 0 Å². The molecule has 1 atom stereocenters. The second-order valence-electron chi connectivity index (χ2n) is 2.78. The second kappa shape index (κ2) is 4.17. The summed E-state index contributed by atoms with van der Waals surface area (Å²) in [6.07, 6.45) is -1.19. The van der Waals surface area contributed by atoms with Crippen molar-refractivity contribution in [2.75, 3.05) is 13.7 Å². The van der Waals surface area contributed by atoms with Crippen LogP contribution in [0.4, 0.5) is 0 Å². The molecule has 5 nitrogen and oxygen atoms in total. The van der Waals surface area contributed by atoms with E-state index in [4.69, 9.17) is 9.84 Å². The summed E-state index contributed by atoms with van der Waals surface area (Å²) in [4.78, 5) is 0. The maximum Gasteiger partial charge on any atom is 0.161 e. The molecule has 14 heavy (non-hydrogen) atoms. The summed E-state index contributed by atoms with van der Waals surface area (Å²) in [5, 5.41) is 36.5. The van der Waals surface area contributed by atoms with Crippen molar-refractivity contribution in [1.82, 2.24) is 0 Å². The van der Waals surface area contributed by atoms with Crippen LogP contribution in [0.2, 0.25) is 0 Å². The van der Waals surface area contributed by atoms with E-state index in [1.807, 2.05) is 0 Å². The van der Waals surface area contributed by atoms with Gasteiger partial charge in [0.15, 0.2) is 11.5 Å². The highest BCUT2D eigenvalue weighted by Crippen LogP contribution is 2.35. The van der Waals surface area contributed by atoms with E-state index in [-0.39, 0.29) is 22.8 Å². The number of aliphatic hydroxyl groups is 2. The Kier molecular flexibility index (Phi) is 3.16. The average Bonchev–Trinajstić information content (AvgIpc) is 2.17. The summed E-state index contributed by atoms with van der Waals surface area (Å²) in [5.74, 6) is -0.381. The number of aromatic hydroxyl groups is 2. The molecule has 0 saturated carbocycles. The Balaban J connectivity index is 3.17. The normalized spacial score (nSPS) is 12.5. The summed E-state index contributed by atoms with van der Waals surface area (Å²) < 4.78 is 4.78. The lowest BCUT2D eigenvalue weighted by Crippen LogP contribution is -2.03. The Morgan fingerprint density at radius 2 is 1.93 bits per heavy atom. The molecule has 0 radical (unpaired) electrons. The van der Waals surface area contributed by atoms with Crippen LogP contribution in [0.15, 0.2) is 12.1 Å². The monoisotopic (exact) mass is 200 g/mol. The minimum Gasteiger partial charge on any atom is -0.507 e. The number of hydrogen-bond acceptors (Lipinski definition) is 5. The molecule has 78 valence electrons.